The summed E-state index contributed by atoms with van der Waals surface area (Å²) < 4.78 is 5.61. The molecular formula is C21H19N3O2. The minimum Gasteiger partial charge on any atom is -0.438 e. The molecule has 0 saturated heterocycles. The van der Waals surface area contributed by atoms with Gasteiger partial charge >= 0.3 is 0 Å². The summed E-state index contributed by atoms with van der Waals surface area (Å²) in [6.45, 7) is 0. The fraction of sp³-hybridized carbons (Fsp3) is 0.190. The van der Waals surface area contributed by atoms with Gasteiger partial charge in [0, 0.05) is 18.1 Å². The molecule has 1 aromatic heterocycles. The summed E-state index contributed by atoms with van der Waals surface area (Å²) in [6, 6.07) is 15.5. The average molecular weight is 345 g/mol. The van der Waals surface area contributed by atoms with E-state index in [0.717, 1.165) is 30.5 Å². The summed E-state index contributed by atoms with van der Waals surface area (Å²) in [5.41, 5.74) is 3.19. The Labute approximate surface area is 152 Å². The zero-order chi connectivity index (χ0) is 17.8. The Morgan fingerprint density at radius 3 is 2.73 bits per heavy atom. The van der Waals surface area contributed by atoms with E-state index in [1.165, 1.54) is 5.56 Å². The SMILES string of the molecule is O=C(Nc1ccc(Oc2cnccn2)cc1)C1CCCc2ccccc21. The van der Waals surface area contributed by atoms with Gasteiger partial charge < -0.3 is 10.1 Å². The van der Waals surface area contributed by atoms with E-state index in [4.69, 9.17) is 4.74 Å². The first-order valence-corrected chi connectivity index (χ1v) is 8.72. The molecule has 1 amide bonds. The van der Waals surface area contributed by atoms with E-state index in [0.29, 0.717) is 11.6 Å². The number of hydrogen-bond acceptors (Lipinski definition) is 4. The van der Waals surface area contributed by atoms with Crippen molar-refractivity contribution < 1.29 is 9.53 Å². The average Bonchev–Trinajstić information content (AvgIpc) is 2.70. The van der Waals surface area contributed by atoms with E-state index < -0.39 is 0 Å². The summed E-state index contributed by atoms with van der Waals surface area (Å²) >= 11 is 0. The first kappa shape index (κ1) is 16.3. The van der Waals surface area contributed by atoms with Crippen molar-refractivity contribution in [1.29, 1.82) is 0 Å². The van der Waals surface area contributed by atoms with Crippen LogP contribution in [0.25, 0.3) is 0 Å². The van der Waals surface area contributed by atoms with Crippen molar-refractivity contribution in [2.75, 3.05) is 5.32 Å². The predicted molar refractivity (Wildman–Crippen MR) is 99.3 cm³/mol. The van der Waals surface area contributed by atoms with Crippen LogP contribution in [0, 0.1) is 0 Å². The molecule has 1 N–H and O–H groups in total. The van der Waals surface area contributed by atoms with Gasteiger partial charge in [-0.2, -0.15) is 0 Å². The molecule has 1 aliphatic rings. The van der Waals surface area contributed by atoms with E-state index in [9.17, 15) is 4.79 Å². The third-order valence-corrected chi connectivity index (χ3v) is 4.57. The molecule has 0 aliphatic heterocycles. The second kappa shape index (κ2) is 7.35. The molecule has 130 valence electrons. The van der Waals surface area contributed by atoms with E-state index in [2.05, 4.69) is 27.4 Å². The van der Waals surface area contributed by atoms with E-state index in [1.54, 1.807) is 30.7 Å². The maximum Gasteiger partial charge on any atom is 0.237 e. The van der Waals surface area contributed by atoms with Gasteiger partial charge in [0.25, 0.3) is 0 Å². The number of amides is 1. The lowest BCUT2D eigenvalue weighted by Gasteiger charge is -2.24. The van der Waals surface area contributed by atoms with Crippen molar-refractivity contribution in [2.24, 2.45) is 0 Å². The molecule has 0 bridgehead atoms. The second-order valence-electron chi connectivity index (χ2n) is 6.30. The maximum absolute atomic E-state index is 12.7. The molecule has 1 atom stereocenters. The van der Waals surface area contributed by atoms with Crippen molar-refractivity contribution in [3.63, 3.8) is 0 Å². The maximum atomic E-state index is 12.7. The van der Waals surface area contributed by atoms with Crippen LogP contribution in [0.2, 0.25) is 0 Å². The van der Waals surface area contributed by atoms with Crippen LogP contribution in [-0.2, 0) is 11.2 Å². The molecule has 5 heteroatoms. The second-order valence-corrected chi connectivity index (χ2v) is 6.30. The van der Waals surface area contributed by atoms with Crippen LogP contribution >= 0.6 is 0 Å². The molecule has 1 heterocycles. The van der Waals surface area contributed by atoms with Gasteiger partial charge in [0.15, 0.2) is 0 Å². The fourth-order valence-corrected chi connectivity index (χ4v) is 3.32. The Balaban J connectivity index is 1.44. The van der Waals surface area contributed by atoms with Gasteiger partial charge in [0.2, 0.25) is 11.8 Å². The number of aromatic nitrogens is 2. The van der Waals surface area contributed by atoms with Gasteiger partial charge in [-0.25, -0.2) is 4.98 Å². The monoisotopic (exact) mass is 345 g/mol. The van der Waals surface area contributed by atoms with Crippen LogP contribution in [0.15, 0.2) is 67.1 Å². The van der Waals surface area contributed by atoms with Crippen molar-refractivity contribution in [1.82, 2.24) is 9.97 Å². The third-order valence-electron chi connectivity index (χ3n) is 4.57. The minimum absolute atomic E-state index is 0.0414. The van der Waals surface area contributed by atoms with E-state index >= 15 is 0 Å². The van der Waals surface area contributed by atoms with Crippen LogP contribution < -0.4 is 10.1 Å². The Bertz CT molecular complexity index is 895. The first-order valence-electron chi connectivity index (χ1n) is 8.72. The summed E-state index contributed by atoms with van der Waals surface area (Å²) in [7, 11) is 0. The van der Waals surface area contributed by atoms with Gasteiger partial charge in [-0.15, -0.1) is 0 Å². The standard InChI is InChI=1S/C21H19N3O2/c25-21(19-7-3-5-15-4-1-2-6-18(15)19)24-16-8-10-17(11-9-16)26-20-14-22-12-13-23-20/h1-2,4,6,8-14,19H,3,5,7H2,(H,24,25). The molecule has 4 rings (SSSR count). The minimum atomic E-state index is -0.0875. The Kier molecular flexibility index (Phi) is 4.60. The first-order chi connectivity index (χ1) is 12.8. The number of ether oxygens (including phenoxy) is 1. The van der Waals surface area contributed by atoms with Crippen molar-refractivity contribution in [2.45, 2.75) is 25.2 Å². The van der Waals surface area contributed by atoms with E-state index in [1.807, 2.05) is 24.3 Å². The highest BCUT2D eigenvalue weighted by atomic mass is 16.5. The van der Waals surface area contributed by atoms with Crippen molar-refractivity contribution >= 4 is 11.6 Å². The van der Waals surface area contributed by atoms with Crippen LogP contribution in [0.1, 0.15) is 29.9 Å². The molecular weight excluding hydrogens is 326 g/mol. The molecule has 26 heavy (non-hydrogen) atoms. The zero-order valence-corrected chi connectivity index (χ0v) is 14.3. The van der Waals surface area contributed by atoms with Crippen LogP contribution in [-0.4, -0.2) is 15.9 Å². The highest BCUT2D eigenvalue weighted by molar-refractivity contribution is 5.96. The summed E-state index contributed by atoms with van der Waals surface area (Å²) in [5.74, 6) is 1.03. The number of nitrogens with one attached hydrogen (secondary N) is 1. The third kappa shape index (κ3) is 3.57. The molecule has 2 aromatic carbocycles. The lowest BCUT2D eigenvalue weighted by molar-refractivity contribution is -0.117. The Hall–Kier alpha value is -3.21. The molecule has 0 radical (unpaired) electrons. The van der Waals surface area contributed by atoms with Gasteiger partial charge in [-0.1, -0.05) is 24.3 Å². The van der Waals surface area contributed by atoms with Crippen LogP contribution in [0.5, 0.6) is 11.6 Å². The Morgan fingerprint density at radius 2 is 1.92 bits per heavy atom. The molecule has 0 saturated carbocycles. The summed E-state index contributed by atoms with van der Waals surface area (Å²) in [5, 5.41) is 3.02. The van der Waals surface area contributed by atoms with Gasteiger partial charge in [-0.05, 0) is 54.7 Å². The normalized spacial score (nSPS) is 15.8. The van der Waals surface area contributed by atoms with Crippen molar-refractivity contribution in [3.8, 4) is 11.6 Å². The number of carbonyl (C=O) groups is 1. The number of carbonyl (C=O) groups excluding carboxylic acids is 1. The number of hydrogen-bond donors (Lipinski definition) is 1. The molecule has 0 fully saturated rings. The van der Waals surface area contributed by atoms with E-state index in [-0.39, 0.29) is 11.8 Å². The van der Waals surface area contributed by atoms with Crippen LogP contribution in [0.3, 0.4) is 0 Å². The summed E-state index contributed by atoms with van der Waals surface area (Å²) in [6.07, 6.45) is 7.70. The lowest BCUT2D eigenvalue weighted by Crippen LogP contribution is -2.24. The summed E-state index contributed by atoms with van der Waals surface area (Å²) in [4.78, 5) is 20.8. The molecule has 0 spiro atoms. The molecule has 3 aromatic rings. The number of fused-ring (bicyclic) bond motifs is 1. The number of benzene rings is 2. The van der Waals surface area contributed by atoms with Gasteiger partial charge in [0.1, 0.15) is 5.75 Å². The topological polar surface area (TPSA) is 64.1 Å². The molecule has 5 nitrogen and oxygen atoms in total. The highest BCUT2D eigenvalue weighted by Gasteiger charge is 2.26. The predicted octanol–water partition coefficient (Wildman–Crippen LogP) is 4.33. The van der Waals surface area contributed by atoms with Crippen LogP contribution in [0.4, 0.5) is 5.69 Å². The zero-order valence-electron chi connectivity index (χ0n) is 14.3. The fourth-order valence-electron chi connectivity index (χ4n) is 3.32. The number of rotatable bonds is 4. The molecule has 1 aliphatic carbocycles. The number of anilines is 1. The lowest BCUT2D eigenvalue weighted by atomic mass is 9.82. The highest BCUT2D eigenvalue weighted by Crippen LogP contribution is 2.32. The quantitative estimate of drug-likeness (QED) is 0.764. The smallest absolute Gasteiger partial charge is 0.237 e. The Morgan fingerprint density at radius 1 is 1.08 bits per heavy atom. The molecule has 1 unspecified atom stereocenters. The number of aryl methyl sites for hydroxylation is 1. The van der Waals surface area contributed by atoms with Crippen molar-refractivity contribution in [3.05, 3.63) is 78.2 Å². The van der Waals surface area contributed by atoms with Gasteiger partial charge in [0.05, 0.1) is 12.1 Å². The largest absolute Gasteiger partial charge is 0.438 e. The number of nitrogens with zero attached hydrogens (tertiary/aromatic N) is 2. The van der Waals surface area contributed by atoms with Gasteiger partial charge in [-0.3, -0.25) is 9.78 Å².